The fraction of sp³-hybridized carbons (Fsp3) is 0.529. The van der Waals surface area contributed by atoms with E-state index < -0.39 is 0 Å². The summed E-state index contributed by atoms with van der Waals surface area (Å²) in [5.41, 5.74) is 5.17. The van der Waals surface area contributed by atoms with Crippen molar-refractivity contribution < 1.29 is 4.74 Å². The number of benzene rings is 1. The summed E-state index contributed by atoms with van der Waals surface area (Å²) in [6.07, 6.45) is 7.43. The highest BCUT2D eigenvalue weighted by Crippen LogP contribution is 2.58. The summed E-state index contributed by atoms with van der Waals surface area (Å²) < 4.78 is 5.35. The summed E-state index contributed by atoms with van der Waals surface area (Å²) in [4.78, 5) is 0. The van der Waals surface area contributed by atoms with Gasteiger partial charge < -0.3 is 4.74 Å². The summed E-state index contributed by atoms with van der Waals surface area (Å²) >= 11 is 0. The zero-order valence-corrected chi connectivity index (χ0v) is 11.6. The van der Waals surface area contributed by atoms with Gasteiger partial charge in [0.05, 0.1) is 7.11 Å². The molecule has 2 atom stereocenters. The summed E-state index contributed by atoms with van der Waals surface area (Å²) in [7, 11) is 1.75. The van der Waals surface area contributed by atoms with Gasteiger partial charge in [0, 0.05) is 0 Å². The molecule has 0 N–H and O–H groups in total. The number of rotatable bonds is 1. The van der Waals surface area contributed by atoms with Crippen LogP contribution in [-0.4, -0.2) is 7.11 Å². The monoisotopic (exact) mass is 242 g/mol. The lowest BCUT2D eigenvalue weighted by Gasteiger charge is -2.39. The van der Waals surface area contributed by atoms with Crippen molar-refractivity contribution in [3.63, 3.8) is 0 Å². The largest absolute Gasteiger partial charge is 0.497 e. The van der Waals surface area contributed by atoms with E-state index >= 15 is 0 Å². The van der Waals surface area contributed by atoms with Crippen molar-refractivity contribution in [2.75, 3.05) is 7.11 Å². The van der Waals surface area contributed by atoms with Crippen LogP contribution in [0, 0.1) is 5.41 Å². The topological polar surface area (TPSA) is 9.23 Å². The Balaban J connectivity index is 2.05. The fourth-order valence-electron chi connectivity index (χ4n) is 4.10. The molecule has 0 spiro atoms. The van der Waals surface area contributed by atoms with Gasteiger partial charge in [-0.05, 0) is 67.2 Å². The molecule has 1 aromatic carbocycles. The number of hydrogen-bond acceptors (Lipinski definition) is 1. The maximum atomic E-state index is 5.35. The summed E-state index contributed by atoms with van der Waals surface area (Å²) in [6.45, 7) is 4.67. The average molecular weight is 242 g/mol. The molecule has 0 amide bonds. The van der Waals surface area contributed by atoms with E-state index in [-0.39, 0.29) is 0 Å². The lowest BCUT2D eigenvalue weighted by atomic mass is 9.65. The first-order valence-electron chi connectivity index (χ1n) is 7.01. The van der Waals surface area contributed by atoms with Crippen LogP contribution in [0.4, 0.5) is 0 Å². The van der Waals surface area contributed by atoms with Gasteiger partial charge in [-0.1, -0.05) is 24.6 Å². The van der Waals surface area contributed by atoms with Crippen LogP contribution in [0.3, 0.4) is 0 Å². The van der Waals surface area contributed by atoms with E-state index in [0.29, 0.717) is 5.41 Å². The highest BCUT2D eigenvalue weighted by atomic mass is 16.5. The van der Waals surface area contributed by atoms with Crippen LogP contribution >= 0.6 is 0 Å². The minimum absolute atomic E-state index is 0.413. The minimum atomic E-state index is 0.413. The maximum absolute atomic E-state index is 5.35. The first kappa shape index (κ1) is 11.8. The second-order valence-electron chi connectivity index (χ2n) is 5.89. The molecule has 0 heterocycles. The molecule has 96 valence electrons. The Kier molecular flexibility index (Phi) is 2.73. The van der Waals surface area contributed by atoms with Crippen molar-refractivity contribution >= 4 is 0 Å². The third-order valence-corrected chi connectivity index (χ3v) is 5.19. The van der Waals surface area contributed by atoms with Gasteiger partial charge in [0.25, 0.3) is 0 Å². The van der Waals surface area contributed by atoms with Crippen LogP contribution in [0.25, 0.3) is 0 Å². The molecule has 0 bridgehead atoms. The summed E-state index contributed by atoms with van der Waals surface area (Å²) in [5, 5.41) is 0. The van der Waals surface area contributed by atoms with Crippen molar-refractivity contribution in [1.29, 1.82) is 0 Å². The van der Waals surface area contributed by atoms with Crippen molar-refractivity contribution in [2.24, 2.45) is 5.41 Å². The Morgan fingerprint density at radius 1 is 1.33 bits per heavy atom. The Morgan fingerprint density at radius 2 is 2.17 bits per heavy atom. The van der Waals surface area contributed by atoms with Gasteiger partial charge in [-0.15, -0.1) is 0 Å². The fourth-order valence-corrected chi connectivity index (χ4v) is 4.10. The van der Waals surface area contributed by atoms with Crippen molar-refractivity contribution in [3.8, 4) is 5.75 Å². The van der Waals surface area contributed by atoms with E-state index in [9.17, 15) is 0 Å². The molecule has 1 aromatic rings. The molecular formula is C17H22O. The van der Waals surface area contributed by atoms with E-state index in [0.717, 1.165) is 11.7 Å². The molecule has 2 aliphatic carbocycles. The third kappa shape index (κ3) is 1.53. The van der Waals surface area contributed by atoms with Crippen LogP contribution in [-0.2, 0) is 6.42 Å². The van der Waals surface area contributed by atoms with E-state index in [4.69, 9.17) is 4.74 Å². The number of aryl methyl sites for hydroxylation is 1. The van der Waals surface area contributed by atoms with Crippen LogP contribution < -0.4 is 4.74 Å². The van der Waals surface area contributed by atoms with Crippen molar-refractivity contribution in [3.05, 3.63) is 41.0 Å². The lowest BCUT2D eigenvalue weighted by Crippen LogP contribution is -2.27. The molecule has 0 aromatic heterocycles. The van der Waals surface area contributed by atoms with Crippen molar-refractivity contribution in [2.45, 2.75) is 45.4 Å². The molecule has 0 unspecified atom stereocenters. The predicted molar refractivity (Wildman–Crippen MR) is 75.2 cm³/mol. The average Bonchev–Trinajstić information content (AvgIpc) is 2.75. The van der Waals surface area contributed by atoms with Gasteiger partial charge in [0.15, 0.2) is 0 Å². The highest BCUT2D eigenvalue weighted by Gasteiger charge is 2.45. The van der Waals surface area contributed by atoms with Crippen LogP contribution in [0.2, 0.25) is 0 Å². The summed E-state index contributed by atoms with van der Waals surface area (Å²) in [6, 6.07) is 6.66. The lowest BCUT2D eigenvalue weighted by molar-refractivity contribution is 0.305. The number of ether oxygens (including phenoxy) is 1. The van der Waals surface area contributed by atoms with Gasteiger partial charge in [0.2, 0.25) is 0 Å². The first-order chi connectivity index (χ1) is 8.69. The Labute approximate surface area is 110 Å². The molecule has 1 fully saturated rings. The van der Waals surface area contributed by atoms with Gasteiger partial charge in [-0.2, -0.15) is 0 Å². The summed E-state index contributed by atoms with van der Waals surface area (Å²) in [5.74, 6) is 1.72. The Bertz CT molecular complexity index is 500. The number of methoxy groups -OCH3 is 1. The highest BCUT2D eigenvalue weighted by molar-refractivity contribution is 5.44. The molecule has 0 radical (unpaired) electrons. The van der Waals surface area contributed by atoms with Gasteiger partial charge in [-0.3, -0.25) is 0 Å². The molecule has 1 nitrogen and oxygen atoms in total. The van der Waals surface area contributed by atoms with E-state index in [1.54, 1.807) is 18.2 Å². The standard InChI is InChI=1S/C17H22O/c1-4-13-5-8-16-15-7-6-14(18-3)11-12(15)9-10-17(13,16)2/h4,6-7,11,16H,5,8-10H2,1-3H3/b13-4-/t16-,17+/m0/s1. The number of hydrogen-bond donors (Lipinski definition) is 0. The Morgan fingerprint density at radius 3 is 2.89 bits per heavy atom. The molecule has 1 saturated carbocycles. The maximum Gasteiger partial charge on any atom is 0.119 e. The number of allylic oxidation sites excluding steroid dienone is 2. The normalized spacial score (nSPS) is 32.2. The van der Waals surface area contributed by atoms with E-state index in [1.165, 1.54) is 31.2 Å². The smallest absolute Gasteiger partial charge is 0.119 e. The van der Waals surface area contributed by atoms with Gasteiger partial charge >= 0.3 is 0 Å². The second-order valence-corrected chi connectivity index (χ2v) is 5.89. The van der Waals surface area contributed by atoms with Crippen molar-refractivity contribution in [1.82, 2.24) is 0 Å². The quantitative estimate of drug-likeness (QED) is 0.660. The third-order valence-electron chi connectivity index (χ3n) is 5.19. The molecule has 0 saturated heterocycles. The second kappa shape index (κ2) is 4.15. The predicted octanol–water partition coefficient (Wildman–Crippen LogP) is 4.47. The van der Waals surface area contributed by atoms with E-state index in [2.05, 4.69) is 38.1 Å². The Hall–Kier alpha value is -1.24. The van der Waals surface area contributed by atoms with Crippen LogP contribution in [0.5, 0.6) is 5.75 Å². The molecule has 18 heavy (non-hydrogen) atoms. The SMILES string of the molecule is C/C=C1/CC[C@H]2c3ccc(OC)cc3CC[C@]12C. The van der Waals surface area contributed by atoms with Crippen LogP contribution in [0.1, 0.15) is 50.2 Å². The van der Waals surface area contributed by atoms with Gasteiger partial charge in [0.1, 0.15) is 5.75 Å². The molecule has 3 rings (SSSR count). The van der Waals surface area contributed by atoms with E-state index in [1.807, 2.05) is 0 Å². The molecule has 2 aliphatic rings. The van der Waals surface area contributed by atoms with Crippen LogP contribution in [0.15, 0.2) is 29.8 Å². The first-order valence-corrected chi connectivity index (χ1v) is 7.01. The zero-order chi connectivity index (χ0) is 12.8. The molecular weight excluding hydrogens is 220 g/mol. The number of fused-ring (bicyclic) bond motifs is 3. The van der Waals surface area contributed by atoms with Gasteiger partial charge in [-0.25, -0.2) is 0 Å². The molecule has 1 heteroatoms. The minimum Gasteiger partial charge on any atom is -0.497 e. The molecule has 0 aliphatic heterocycles. The zero-order valence-electron chi connectivity index (χ0n) is 11.6.